The molecule has 4 heteroatoms. The van der Waals surface area contributed by atoms with Gasteiger partial charge in [-0.05, 0) is 49.1 Å². The van der Waals surface area contributed by atoms with Crippen molar-refractivity contribution in [2.45, 2.75) is 32.4 Å². The van der Waals surface area contributed by atoms with Crippen LogP contribution in [0.2, 0.25) is 5.02 Å². The summed E-state index contributed by atoms with van der Waals surface area (Å²) in [6.07, 6.45) is 2.53. The van der Waals surface area contributed by atoms with Gasteiger partial charge in [0.05, 0.1) is 5.02 Å². The fourth-order valence-electron chi connectivity index (χ4n) is 2.08. The number of ether oxygens (including phenoxy) is 1. The van der Waals surface area contributed by atoms with Crippen LogP contribution in [0.15, 0.2) is 36.4 Å². The van der Waals surface area contributed by atoms with E-state index >= 15 is 0 Å². The number of rotatable bonds is 5. The van der Waals surface area contributed by atoms with E-state index < -0.39 is 5.82 Å². The largest absolute Gasteiger partial charge is 0.457 e. The molecule has 1 aliphatic rings. The second-order valence-corrected chi connectivity index (χ2v) is 5.84. The SMILES string of the molecule is Cc1ccc(CNC2CC2)cc1Oc1ccc(Cl)c(F)c1. The summed E-state index contributed by atoms with van der Waals surface area (Å²) in [5, 5.41) is 3.57. The van der Waals surface area contributed by atoms with E-state index in [2.05, 4.69) is 11.4 Å². The zero-order chi connectivity index (χ0) is 14.8. The average molecular weight is 306 g/mol. The molecule has 21 heavy (non-hydrogen) atoms. The van der Waals surface area contributed by atoms with E-state index in [0.29, 0.717) is 11.8 Å². The molecule has 0 spiro atoms. The quantitative estimate of drug-likeness (QED) is 0.854. The third kappa shape index (κ3) is 3.74. The summed E-state index contributed by atoms with van der Waals surface area (Å²) in [4.78, 5) is 0. The molecular weight excluding hydrogens is 289 g/mol. The summed E-state index contributed by atoms with van der Waals surface area (Å²) in [6.45, 7) is 2.80. The summed E-state index contributed by atoms with van der Waals surface area (Å²) < 4.78 is 19.2. The molecule has 1 aliphatic carbocycles. The Hall–Kier alpha value is -1.58. The van der Waals surface area contributed by atoms with Crippen LogP contribution in [0.25, 0.3) is 0 Å². The Kier molecular flexibility index (Phi) is 4.13. The van der Waals surface area contributed by atoms with E-state index in [-0.39, 0.29) is 5.02 Å². The van der Waals surface area contributed by atoms with Crippen LogP contribution < -0.4 is 10.1 Å². The van der Waals surface area contributed by atoms with Crippen molar-refractivity contribution >= 4 is 11.6 Å². The van der Waals surface area contributed by atoms with Crippen LogP contribution in [0.1, 0.15) is 24.0 Å². The molecule has 0 saturated heterocycles. The summed E-state index contributed by atoms with van der Waals surface area (Å²) in [7, 11) is 0. The fraction of sp³-hybridized carbons (Fsp3) is 0.294. The number of halogens is 2. The predicted molar refractivity (Wildman–Crippen MR) is 82.5 cm³/mol. The number of hydrogen-bond donors (Lipinski definition) is 1. The van der Waals surface area contributed by atoms with E-state index in [1.807, 2.05) is 19.1 Å². The van der Waals surface area contributed by atoms with Crippen molar-refractivity contribution in [2.24, 2.45) is 0 Å². The van der Waals surface area contributed by atoms with Crippen LogP contribution >= 0.6 is 11.6 Å². The Morgan fingerprint density at radius 3 is 2.76 bits per heavy atom. The maximum Gasteiger partial charge on any atom is 0.145 e. The third-order valence-electron chi connectivity index (χ3n) is 3.54. The van der Waals surface area contributed by atoms with E-state index in [4.69, 9.17) is 16.3 Å². The van der Waals surface area contributed by atoms with Gasteiger partial charge < -0.3 is 10.1 Å². The first kappa shape index (κ1) is 14.4. The van der Waals surface area contributed by atoms with Crippen molar-refractivity contribution in [1.29, 1.82) is 0 Å². The first-order valence-corrected chi connectivity index (χ1v) is 7.45. The molecule has 3 rings (SSSR count). The summed E-state index contributed by atoms with van der Waals surface area (Å²) in [6, 6.07) is 11.2. The highest BCUT2D eigenvalue weighted by molar-refractivity contribution is 6.30. The summed E-state index contributed by atoms with van der Waals surface area (Å²) in [5.74, 6) is 0.720. The lowest BCUT2D eigenvalue weighted by Crippen LogP contribution is -2.15. The average Bonchev–Trinajstić information content (AvgIpc) is 3.28. The van der Waals surface area contributed by atoms with E-state index in [1.54, 1.807) is 6.07 Å². The Morgan fingerprint density at radius 1 is 1.24 bits per heavy atom. The highest BCUT2D eigenvalue weighted by atomic mass is 35.5. The first-order chi connectivity index (χ1) is 10.1. The minimum absolute atomic E-state index is 0.0986. The monoisotopic (exact) mass is 305 g/mol. The number of benzene rings is 2. The van der Waals surface area contributed by atoms with Crippen LogP contribution in [0, 0.1) is 12.7 Å². The van der Waals surface area contributed by atoms with Gasteiger partial charge >= 0.3 is 0 Å². The summed E-state index contributed by atoms with van der Waals surface area (Å²) >= 11 is 5.68. The zero-order valence-electron chi connectivity index (χ0n) is 11.8. The molecule has 2 aromatic rings. The molecule has 0 unspecified atom stereocenters. The molecule has 0 aliphatic heterocycles. The lowest BCUT2D eigenvalue weighted by molar-refractivity contribution is 0.472. The maximum absolute atomic E-state index is 13.5. The molecule has 1 fully saturated rings. The van der Waals surface area contributed by atoms with Gasteiger partial charge in [-0.3, -0.25) is 0 Å². The zero-order valence-corrected chi connectivity index (χ0v) is 12.6. The lowest BCUT2D eigenvalue weighted by Gasteiger charge is -2.11. The molecule has 1 saturated carbocycles. The Labute approximate surface area is 128 Å². The molecule has 0 bridgehead atoms. The molecule has 0 atom stereocenters. The van der Waals surface area contributed by atoms with Gasteiger partial charge in [0.25, 0.3) is 0 Å². The van der Waals surface area contributed by atoms with E-state index in [9.17, 15) is 4.39 Å². The Morgan fingerprint density at radius 2 is 2.05 bits per heavy atom. The van der Waals surface area contributed by atoms with Crippen LogP contribution in [0.4, 0.5) is 4.39 Å². The van der Waals surface area contributed by atoms with Crippen LogP contribution in [-0.2, 0) is 6.54 Å². The molecule has 2 aromatic carbocycles. The molecule has 0 heterocycles. The standard InChI is InChI=1S/C17H17ClFNO/c1-11-2-3-12(10-20-13-4-5-13)8-17(11)21-14-6-7-15(18)16(19)9-14/h2-3,6-9,13,20H,4-5,10H2,1H3. The van der Waals surface area contributed by atoms with E-state index in [0.717, 1.165) is 23.4 Å². The topological polar surface area (TPSA) is 21.3 Å². The fourth-order valence-corrected chi connectivity index (χ4v) is 2.20. The molecule has 110 valence electrons. The van der Waals surface area contributed by atoms with Crippen molar-refractivity contribution < 1.29 is 9.13 Å². The second-order valence-electron chi connectivity index (χ2n) is 5.43. The van der Waals surface area contributed by atoms with Gasteiger partial charge in [-0.2, -0.15) is 0 Å². The van der Waals surface area contributed by atoms with Gasteiger partial charge in [0.1, 0.15) is 17.3 Å². The summed E-state index contributed by atoms with van der Waals surface area (Å²) in [5.41, 5.74) is 2.18. The molecule has 0 radical (unpaired) electrons. The van der Waals surface area contributed by atoms with Crippen molar-refractivity contribution in [1.82, 2.24) is 5.32 Å². The highest BCUT2D eigenvalue weighted by Crippen LogP contribution is 2.29. The molecule has 1 N–H and O–H groups in total. The van der Waals surface area contributed by atoms with Crippen molar-refractivity contribution in [2.75, 3.05) is 0 Å². The van der Waals surface area contributed by atoms with Crippen LogP contribution in [0.3, 0.4) is 0 Å². The van der Waals surface area contributed by atoms with Crippen molar-refractivity contribution in [3.8, 4) is 11.5 Å². The lowest BCUT2D eigenvalue weighted by atomic mass is 10.1. The van der Waals surface area contributed by atoms with Crippen molar-refractivity contribution in [3.05, 3.63) is 58.4 Å². The number of hydrogen-bond acceptors (Lipinski definition) is 2. The Bertz CT molecular complexity index is 655. The van der Waals surface area contributed by atoms with Gasteiger partial charge in [0.15, 0.2) is 0 Å². The van der Waals surface area contributed by atoms with Gasteiger partial charge in [-0.1, -0.05) is 23.7 Å². The van der Waals surface area contributed by atoms with Crippen LogP contribution in [0.5, 0.6) is 11.5 Å². The number of nitrogens with one attached hydrogen (secondary N) is 1. The normalized spacial score (nSPS) is 14.2. The number of aryl methyl sites for hydroxylation is 1. The minimum atomic E-state index is -0.474. The molecular formula is C17H17ClFNO. The van der Waals surface area contributed by atoms with E-state index in [1.165, 1.54) is 25.0 Å². The van der Waals surface area contributed by atoms with Crippen LogP contribution in [-0.4, -0.2) is 6.04 Å². The molecule has 0 aromatic heterocycles. The Balaban J connectivity index is 1.76. The van der Waals surface area contributed by atoms with Gasteiger partial charge in [0.2, 0.25) is 0 Å². The first-order valence-electron chi connectivity index (χ1n) is 7.07. The van der Waals surface area contributed by atoms with Gasteiger partial charge in [0, 0.05) is 18.7 Å². The minimum Gasteiger partial charge on any atom is -0.457 e. The van der Waals surface area contributed by atoms with Crippen molar-refractivity contribution in [3.63, 3.8) is 0 Å². The second kappa shape index (κ2) is 6.04. The highest BCUT2D eigenvalue weighted by Gasteiger charge is 2.20. The smallest absolute Gasteiger partial charge is 0.145 e. The molecule has 0 amide bonds. The predicted octanol–water partition coefficient (Wildman–Crippen LogP) is 4.83. The maximum atomic E-state index is 13.5. The third-order valence-corrected chi connectivity index (χ3v) is 3.85. The molecule has 2 nitrogen and oxygen atoms in total. The van der Waals surface area contributed by atoms with Gasteiger partial charge in [-0.15, -0.1) is 0 Å². The van der Waals surface area contributed by atoms with Gasteiger partial charge in [-0.25, -0.2) is 4.39 Å².